The molecule has 3 heterocycles. The van der Waals surface area contributed by atoms with Gasteiger partial charge in [0.15, 0.2) is 5.82 Å². The minimum Gasteiger partial charge on any atom is -0.246 e. The third-order valence-electron chi connectivity index (χ3n) is 10.4. The number of rotatable bonds is 4. The maximum Gasteiger partial charge on any atom is 0.160 e. The molecule has 0 saturated carbocycles. The van der Waals surface area contributed by atoms with Crippen molar-refractivity contribution in [3.63, 3.8) is 0 Å². The lowest BCUT2D eigenvalue weighted by molar-refractivity contribution is 1.18. The summed E-state index contributed by atoms with van der Waals surface area (Å²) in [5, 5.41) is 11.1. The van der Waals surface area contributed by atoms with E-state index in [4.69, 9.17) is 15.0 Å². The second-order valence-corrected chi connectivity index (χ2v) is 14.6. The zero-order chi connectivity index (χ0) is 34.9. The fourth-order valence-corrected chi connectivity index (χ4v) is 9.21. The topological polar surface area (TPSA) is 38.7 Å². The van der Waals surface area contributed by atoms with E-state index >= 15 is 0 Å². The van der Waals surface area contributed by atoms with Crippen molar-refractivity contribution in [2.75, 3.05) is 0 Å². The van der Waals surface area contributed by atoms with Crippen LogP contribution in [0.25, 0.3) is 109 Å². The first-order valence-electron chi connectivity index (χ1n) is 17.9. The van der Waals surface area contributed by atoms with E-state index in [-0.39, 0.29) is 0 Å². The first-order chi connectivity index (χ1) is 26.3. The lowest BCUT2D eigenvalue weighted by Crippen LogP contribution is -1.96. The van der Waals surface area contributed by atoms with Gasteiger partial charge in [-0.1, -0.05) is 146 Å². The molecular weight excluding hydrogens is 663 g/mol. The maximum atomic E-state index is 5.30. The number of hydrogen-bond acceptors (Lipinski definition) is 4. The molecule has 0 fully saturated rings. The lowest BCUT2D eigenvalue weighted by atomic mass is 9.93. The molecule has 8 aromatic carbocycles. The Morgan fingerprint density at radius 2 is 0.906 bits per heavy atom. The lowest BCUT2D eigenvalue weighted by Gasteiger charge is -2.13. The van der Waals surface area contributed by atoms with Crippen molar-refractivity contribution in [1.82, 2.24) is 15.0 Å². The summed E-state index contributed by atoms with van der Waals surface area (Å²) in [6.45, 7) is 0. The zero-order valence-electron chi connectivity index (χ0n) is 28.5. The average Bonchev–Trinajstić information content (AvgIpc) is 3.64. The third-order valence-corrected chi connectivity index (χ3v) is 11.6. The van der Waals surface area contributed by atoms with E-state index in [1.165, 1.54) is 57.9 Å². The van der Waals surface area contributed by atoms with Crippen LogP contribution in [-0.4, -0.2) is 15.0 Å². The number of para-hydroxylation sites is 1. The van der Waals surface area contributed by atoms with Crippen LogP contribution in [0.15, 0.2) is 176 Å². The predicted octanol–water partition coefficient (Wildman–Crippen LogP) is 13.5. The van der Waals surface area contributed by atoms with E-state index in [9.17, 15) is 0 Å². The Morgan fingerprint density at radius 1 is 0.340 bits per heavy atom. The van der Waals surface area contributed by atoms with Gasteiger partial charge >= 0.3 is 0 Å². The maximum absolute atomic E-state index is 5.30. The molecule has 0 saturated heterocycles. The van der Waals surface area contributed by atoms with Gasteiger partial charge in [0, 0.05) is 43.1 Å². The van der Waals surface area contributed by atoms with Crippen LogP contribution in [0.2, 0.25) is 0 Å². The van der Waals surface area contributed by atoms with Gasteiger partial charge < -0.3 is 0 Å². The fraction of sp³-hybridized carbons (Fsp3) is 0. The van der Waals surface area contributed by atoms with Crippen LogP contribution in [0.5, 0.6) is 0 Å². The van der Waals surface area contributed by atoms with Crippen LogP contribution in [-0.2, 0) is 0 Å². The molecule has 0 amide bonds. The van der Waals surface area contributed by atoms with E-state index in [1.807, 2.05) is 17.4 Å². The van der Waals surface area contributed by atoms with Gasteiger partial charge in [-0.05, 0) is 62.6 Å². The van der Waals surface area contributed by atoms with Gasteiger partial charge in [0.2, 0.25) is 0 Å². The monoisotopic (exact) mass is 691 g/mol. The molecule has 0 N–H and O–H groups in total. The smallest absolute Gasteiger partial charge is 0.160 e. The second-order valence-electron chi connectivity index (χ2n) is 13.5. The summed E-state index contributed by atoms with van der Waals surface area (Å²) in [7, 11) is 0. The molecule has 246 valence electrons. The van der Waals surface area contributed by atoms with Crippen LogP contribution < -0.4 is 0 Å². The molecule has 3 aromatic heterocycles. The molecule has 4 heteroatoms. The SMILES string of the molecule is c1ccc(-c2cc(-c3cccc(-c4nc5ccccc5c5c4sc4ccccc45)c3)nc(-c3ccc4c5ccccc5c5ccccc5c4c3)n2)cc1. The molecule has 0 bridgehead atoms. The fourth-order valence-electron chi connectivity index (χ4n) is 7.98. The molecule has 0 radical (unpaired) electrons. The van der Waals surface area contributed by atoms with Crippen molar-refractivity contribution < 1.29 is 0 Å². The number of fused-ring (bicyclic) bond motifs is 11. The predicted molar refractivity (Wildman–Crippen MR) is 224 cm³/mol. The normalized spacial score (nSPS) is 11.8. The minimum absolute atomic E-state index is 0.696. The Morgan fingerprint density at radius 3 is 1.66 bits per heavy atom. The number of aromatic nitrogens is 3. The van der Waals surface area contributed by atoms with Crippen molar-refractivity contribution in [2.24, 2.45) is 0 Å². The van der Waals surface area contributed by atoms with Crippen LogP contribution >= 0.6 is 11.3 Å². The minimum atomic E-state index is 0.696. The van der Waals surface area contributed by atoms with Crippen LogP contribution in [0.3, 0.4) is 0 Å². The van der Waals surface area contributed by atoms with E-state index in [0.717, 1.165) is 44.9 Å². The van der Waals surface area contributed by atoms with Gasteiger partial charge in [-0.25, -0.2) is 15.0 Å². The van der Waals surface area contributed by atoms with Gasteiger partial charge in [0.1, 0.15) is 0 Å². The summed E-state index contributed by atoms with van der Waals surface area (Å²) in [4.78, 5) is 15.8. The Balaban J connectivity index is 1.12. The van der Waals surface area contributed by atoms with Crippen LogP contribution in [0.1, 0.15) is 0 Å². The highest BCUT2D eigenvalue weighted by Crippen LogP contribution is 2.43. The summed E-state index contributed by atoms with van der Waals surface area (Å²) >= 11 is 1.81. The summed E-state index contributed by atoms with van der Waals surface area (Å²) in [5.74, 6) is 0.696. The van der Waals surface area contributed by atoms with Crippen molar-refractivity contribution in [2.45, 2.75) is 0 Å². The number of hydrogen-bond donors (Lipinski definition) is 0. The van der Waals surface area contributed by atoms with Gasteiger partial charge in [-0.2, -0.15) is 0 Å². The molecule has 3 nitrogen and oxygen atoms in total. The molecule has 0 aliphatic heterocycles. The Hall–Kier alpha value is -6.75. The van der Waals surface area contributed by atoms with Crippen LogP contribution in [0.4, 0.5) is 0 Å². The molecule has 11 rings (SSSR count). The van der Waals surface area contributed by atoms with Crippen molar-refractivity contribution in [3.8, 4) is 45.2 Å². The van der Waals surface area contributed by atoms with E-state index < -0.39 is 0 Å². The highest BCUT2D eigenvalue weighted by atomic mass is 32.1. The van der Waals surface area contributed by atoms with Gasteiger partial charge in [-0.15, -0.1) is 11.3 Å². The summed E-state index contributed by atoms with van der Waals surface area (Å²) < 4.78 is 2.47. The molecule has 0 spiro atoms. The third kappa shape index (κ3) is 4.84. The Labute approximate surface area is 309 Å². The number of thiophene rings is 1. The summed E-state index contributed by atoms with van der Waals surface area (Å²) in [5.41, 5.74) is 7.86. The van der Waals surface area contributed by atoms with E-state index in [1.54, 1.807) is 0 Å². The molecular formula is C49H29N3S. The number of benzene rings is 8. The highest BCUT2D eigenvalue weighted by Gasteiger charge is 2.18. The van der Waals surface area contributed by atoms with Crippen molar-refractivity contribution in [1.29, 1.82) is 0 Å². The standard InChI is InChI=1S/C49H29N3S/c1-2-13-30(14-3-1)43-29-44(52-49(51-43)33-25-26-38-36-19-5-4-17-34(36)35-18-6-7-20-37(35)41(38)28-33)31-15-12-16-32(27-31)47-48-46(39-21-8-10-23-42(39)50-47)40-22-9-11-24-45(40)53-48/h1-29H. The number of pyridine rings is 1. The first-order valence-corrected chi connectivity index (χ1v) is 18.7. The highest BCUT2D eigenvalue weighted by molar-refractivity contribution is 7.26. The van der Waals surface area contributed by atoms with E-state index in [0.29, 0.717) is 5.82 Å². The van der Waals surface area contributed by atoms with Crippen LogP contribution in [0, 0.1) is 0 Å². The molecule has 0 aliphatic carbocycles. The van der Waals surface area contributed by atoms with E-state index in [2.05, 4.69) is 170 Å². The molecule has 0 atom stereocenters. The molecule has 0 unspecified atom stereocenters. The Kier molecular flexibility index (Phi) is 6.73. The average molecular weight is 692 g/mol. The first kappa shape index (κ1) is 29.9. The van der Waals surface area contributed by atoms with Crippen molar-refractivity contribution in [3.05, 3.63) is 176 Å². The van der Waals surface area contributed by atoms with Gasteiger partial charge in [-0.3, -0.25) is 0 Å². The summed E-state index contributed by atoms with van der Waals surface area (Å²) in [6.07, 6.45) is 0. The molecule has 53 heavy (non-hydrogen) atoms. The largest absolute Gasteiger partial charge is 0.246 e. The zero-order valence-corrected chi connectivity index (χ0v) is 29.3. The molecule has 11 aromatic rings. The van der Waals surface area contributed by atoms with Gasteiger partial charge in [0.25, 0.3) is 0 Å². The molecule has 0 aliphatic rings. The quantitative estimate of drug-likeness (QED) is 0.172. The van der Waals surface area contributed by atoms with Crippen molar-refractivity contribution >= 4 is 74.7 Å². The Bertz CT molecular complexity index is 3200. The van der Waals surface area contributed by atoms with Gasteiger partial charge in [0.05, 0.1) is 27.3 Å². The second kappa shape index (κ2) is 11.9. The summed E-state index contributed by atoms with van der Waals surface area (Å²) in [6, 6.07) is 62.4. The number of nitrogens with zero attached hydrogens (tertiary/aromatic N) is 3.